The maximum absolute atomic E-state index is 11.8. The summed E-state index contributed by atoms with van der Waals surface area (Å²) in [6, 6.07) is -0.264. The minimum absolute atomic E-state index is 0.00815. The zero-order valence-corrected chi connectivity index (χ0v) is 10.3. The molecule has 1 aliphatic heterocycles. The van der Waals surface area contributed by atoms with Gasteiger partial charge in [0.05, 0.1) is 25.3 Å². The normalized spacial score (nSPS) is 28.8. The van der Waals surface area contributed by atoms with Gasteiger partial charge < -0.3 is 4.74 Å². The van der Waals surface area contributed by atoms with Gasteiger partial charge in [0.15, 0.2) is 5.78 Å². The molecule has 1 rings (SSSR count). The summed E-state index contributed by atoms with van der Waals surface area (Å²) in [5.74, 6) is 0.161. The van der Waals surface area contributed by atoms with Gasteiger partial charge in [-0.1, -0.05) is 20.8 Å². The molecule has 4 nitrogen and oxygen atoms in total. The van der Waals surface area contributed by atoms with E-state index in [0.717, 1.165) is 6.42 Å². The molecule has 0 bridgehead atoms. The summed E-state index contributed by atoms with van der Waals surface area (Å²) in [5, 5.41) is 3.07. The first-order valence-electron chi connectivity index (χ1n) is 5.94. The number of nitrogens with one attached hydrogen (secondary N) is 1. The second-order valence-corrected chi connectivity index (χ2v) is 4.65. The van der Waals surface area contributed by atoms with Crippen LogP contribution in [0.4, 0.5) is 0 Å². The third-order valence-corrected chi connectivity index (χ3v) is 2.92. The van der Waals surface area contributed by atoms with Crippen LogP contribution in [-0.2, 0) is 14.3 Å². The van der Waals surface area contributed by atoms with Gasteiger partial charge in [0, 0.05) is 6.42 Å². The van der Waals surface area contributed by atoms with E-state index in [1.165, 1.54) is 0 Å². The monoisotopic (exact) mass is 227 g/mol. The Hall–Kier alpha value is -0.740. The van der Waals surface area contributed by atoms with Crippen molar-refractivity contribution < 1.29 is 14.3 Å². The quantitative estimate of drug-likeness (QED) is 0.722. The summed E-state index contributed by atoms with van der Waals surface area (Å²) in [7, 11) is 0. The second kappa shape index (κ2) is 6.11. The van der Waals surface area contributed by atoms with Crippen molar-refractivity contribution in [2.75, 3.05) is 6.73 Å². The van der Waals surface area contributed by atoms with Crippen molar-refractivity contribution in [3.05, 3.63) is 0 Å². The van der Waals surface area contributed by atoms with E-state index in [1.807, 2.05) is 20.8 Å². The number of hydrogen-bond acceptors (Lipinski definition) is 4. The molecule has 0 aromatic carbocycles. The highest BCUT2D eigenvalue weighted by Crippen LogP contribution is 2.12. The number of rotatable bonds is 2. The minimum Gasteiger partial charge on any atom is -0.363 e. The van der Waals surface area contributed by atoms with Gasteiger partial charge in [0.1, 0.15) is 5.78 Å². The van der Waals surface area contributed by atoms with Gasteiger partial charge in [-0.2, -0.15) is 0 Å². The fraction of sp³-hybridized carbons (Fsp3) is 0.833. The predicted octanol–water partition coefficient (Wildman–Crippen LogP) is 1.29. The lowest BCUT2D eigenvalue weighted by Crippen LogP contribution is -2.42. The van der Waals surface area contributed by atoms with Gasteiger partial charge in [-0.05, 0) is 12.3 Å². The van der Waals surface area contributed by atoms with Crippen LogP contribution in [0, 0.1) is 5.92 Å². The Labute approximate surface area is 96.7 Å². The Bertz CT molecular complexity index is 263. The molecule has 0 spiro atoms. The van der Waals surface area contributed by atoms with Crippen molar-refractivity contribution in [3.8, 4) is 0 Å². The van der Waals surface area contributed by atoms with E-state index in [2.05, 4.69) is 5.32 Å². The molecule has 0 aromatic rings. The Morgan fingerprint density at radius 2 is 2.12 bits per heavy atom. The lowest BCUT2D eigenvalue weighted by molar-refractivity contribution is -0.128. The van der Waals surface area contributed by atoms with Crippen LogP contribution >= 0.6 is 0 Å². The summed E-state index contributed by atoms with van der Waals surface area (Å²) in [5.41, 5.74) is 0. The van der Waals surface area contributed by atoms with Crippen LogP contribution in [0.15, 0.2) is 0 Å². The van der Waals surface area contributed by atoms with E-state index in [9.17, 15) is 9.59 Å². The predicted molar refractivity (Wildman–Crippen MR) is 61.0 cm³/mol. The van der Waals surface area contributed by atoms with Crippen LogP contribution in [0.2, 0.25) is 0 Å². The number of ether oxygens (including phenoxy) is 1. The average Bonchev–Trinajstić information content (AvgIpc) is 2.26. The largest absolute Gasteiger partial charge is 0.363 e. The lowest BCUT2D eigenvalue weighted by atomic mass is 9.95. The molecule has 1 N–H and O–H groups in total. The average molecular weight is 227 g/mol. The molecule has 1 fully saturated rings. The Balaban J connectivity index is 2.69. The van der Waals surface area contributed by atoms with Crippen molar-refractivity contribution in [2.45, 2.75) is 52.2 Å². The number of carbonyl (C=O) groups excluding carboxylic acids is 2. The highest BCUT2D eigenvalue weighted by atomic mass is 16.5. The van der Waals surface area contributed by atoms with Gasteiger partial charge >= 0.3 is 0 Å². The highest BCUT2D eigenvalue weighted by molar-refractivity contribution is 6.01. The zero-order chi connectivity index (χ0) is 12.1. The number of ketones is 2. The third kappa shape index (κ3) is 3.68. The minimum atomic E-state index is -0.264. The van der Waals surface area contributed by atoms with Crippen LogP contribution in [0.25, 0.3) is 0 Å². The van der Waals surface area contributed by atoms with Gasteiger partial charge in [-0.15, -0.1) is 0 Å². The third-order valence-electron chi connectivity index (χ3n) is 2.92. The SMILES string of the molecule is CCC1CC(=O)CC(=O)[C@H](C(C)C)NCO1. The van der Waals surface area contributed by atoms with E-state index in [1.54, 1.807) is 0 Å². The van der Waals surface area contributed by atoms with E-state index in [-0.39, 0.29) is 36.1 Å². The summed E-state index contributed by atoms with van der Waals surface area (Å²) in [6.07, 6.45) is 1.14. The lowest BCUT2D eigenvalue weighted by Gasteiger charge is -2.20. The van der Waals surface area contributed by atoms with Crippen molar-refractivity contribution in [2.24, 2.45) is 5.92 Å². The molecule has 1 unspecified atom stereocenters. The molecule has 4 heteroatoms. The molecule has 0 saturated carbocycles. The number of hydrogen-bond donors (Lipinski definition) is 1. The Morgan fingerprint density at radius 3 is 2.69 bits per heavy atom. The van der Waals surface area contributed by atoms with E-state index < -0.39 is 0 Å². The second-order valence-electron chi connectivity index (χ2n) is 4.65. The van der Waals surface area contributed by atoms with Crippen molar-refractivity contribution in [3.63, 3.8) is 0 Å². The molecule has 0 amide bonds. The summed E-state index contributed by atoms with van der Waals surface area (Å²) in [4.78, 5) is 23.4. The van der Waals surface area contributed by atoms with E-state index >= 15 is 0 Å². The number of Topliss-reactive ketones (excluding diaryl/α,β-unsaturated/α-hetero) is 2. The van der Waals surface area contributed by atoms with Gasteiger partial charge in [0.25, 0.3) is 0 Å². The fourth-order valence-electron chi connectivity index (χ4n) is 1.93. The van der Waals surface area contributed by atoms with Crippen LogP contribution < -0.4 is 5.32 Å². The molecule has 0 aliphatic carbocycles. The number of carbonyl (C=O) groups is 2. The Morgan fingerprint density at radius 1 is 1.44 bits per heavy atom. The van der Waals surface area contributed by atoms with Crippen LogP contribution in [-0.4, -0.2) is 30.4 Å². The zero-order valence-electron chi connectivity index (χ0n) is 10.3. The fourth-order valence-corrected chi connectivity index (χ4v) is 1.93. The summed E-state index contributed by atoms with van der Waals surface area (Å²) in [6.45, 7) is 6.27. The van der Waals surface area contributed by atoms with Gasteiger partial charge in [0.2, 0.25) is 0 Å². The van der Waals surface area contributed by atoms with Gasteiger partial charge in [-0.25, -0.2) is 0 Å². The standard InChI is InChI=1S/C12H21NO3/c1-4-10-5-9(14)6-11(15)12(8(2)3)13-7-16-10/h8,10,12-13H,4-7H2,1-3H3/t10?,12-/m0/s1. The molecule has 16 heavy (non-hydrogen) atoms. The van der Waals surface area contributed by atoms with E-state index in [4.69, 9.17) is 4.74 Å². The maximum Gasteiger partial charge on any atom is 0.157 e. The summed E-state index contributed by atoms with van der Waals surface area (Å²) < 4.78 is 5.53. The first kappa shape index (κ1) is 13.3. The van der Waals surface area contributed by atoms with Crippen molar-refractivity contribution in [1.29, 1.82) is 0 Å². The molecule has 92 valence electrons. The molecular weight excluding hydrogens is 206 g/mol. The molecule has 0 radical (unpaired) electrons. The first-order valence-corrected chi connectivity index (χ1v) is 5.94. The maximum atomic E-state index is 11.8. The Kier molecular flexibility index (Phi) is 5.09. The topological polar surface area (TPSA) is 55.4 Å². The van der Waals surface area contributed by atoms with Crippen molar-refractivity contribution in [1.82, 2.24) is 5.32 Å². The molecule has 1 saturated heterocycles. The summed E-state index contributed by atoms with van der Waals surface area (Å²) >= 11 is 0. The van der Waals surface area contributed by atoms with E-state index in [0.29, 0.717) is 13.2 Å². The molecule has 2 atom stereocenters. The van der Waals surface area contributed by atoms with Crippen LogP contribution in [0.3, 0.4) is 0 Å². The highest BCUT2D eigenvalue weighted by Gasteiger charge is 2.26. The van der Waals surface area contributed by atoms with Crippen LogP contribution in [0.5, 0.6) is 0 Å². The molecule has 1 heterocycles. The van der Waals surface area contributed by atoms with Crippen LogP contribution in [0.1, 0.15) is 40.0 Å². The molecule has 0 aromatic heterocycles. The smallest absolute Gasteiger partial charge is 0.157 e. The van der Waals surface area contributed by atoms with Crippen molar-refractivity contribution >= 4 is 11.6 Å². The molecule has 1 aliphatic rings. The van der Waals surface area contributed by atoms with Gasteiger partial charge in [-0.3, -0.25) is 14.9 Å². The molecular formula is C12H21NO3. The first-order chi connectivity index (χ1) is 7.54.